The topological polar surface area (TPSA) is 89.2 Å². The van der Waals surface area contributed by atoms with E-state index >= 15 is 4.39 Å². The molecule has 3 atom stereocenters. The van der Waals surface area contributed by atoms with Crippen molar-refractivity contribution >= 4 is 11.7 Å². The zero-order chi connectivity index (χ0) is 32.4. The molecule has 2 N–H and O–H groups in total. The molecule has 1 saturated carbocycles. The first-order chi connectivity index (χ1) is 22.2. The SMILES string of the molecule is CNC(=O)N[C@H]1CCC[C@@H]1[C@](Cn1cc(C)nc1C)(c1cccc(F)c1)C1CCN(CC2CN(c3ccc(C#N)cc3F)C2)CC1. The quantitative estimate of drug-likeness (QED) is 0.325. The lowest BCUT2D eigenvalue weighted by atomic mass is 9.58. The number of amides is 2. The second kappa shape index (κ2) is 13.4. The number of halogens is 2. The molecule has 2 aromatic carbocycles. The van der Waals surface area contributed by atoms with Crippen molar-refractivity contribution in [2.24, 2.45) is 17.8 Å². The first-order valence-electron chi connectivity index (χ1n) is 16.6. The number of benzene rings is 2. The summed E-state index contributed by atoms with van der Waals surface area (Å²) in [5.41, 5.74) is 2.46. The van der Waals surface area contributed by atoms with Crippen LogP contribution in [0.2, 0.25) is 0 Å². The van der Waals surface area contributed by atoms with Crippen molar-refractivity contribution in [3.8, 4) is 6.07 Å². The van der Waals surface area contributed by atoms with Crippen LogP contribution in [-0.2, 0) is 12.0 Å². The molecule has 0 radical (unpaired) electrons. The monoisotopic (exact) mass is 629 g/mol. The van der Waals surface area contributed by atoms with Crippen molar-refractivity contribution in [2.45, 2.75) is 64.0 Å². The first-order valence-corrected chi connectivity index (χ1v) is 16.6. The molecule has 1 aliphatic carbocycles. The van der Waals surface area contributed by atoms with Crippen molar-refractivity contribution in [3.05, 3.63) is 82.9 Å². The van der Waals surface area contributed by atoms with Gasteiger partial charge in [-0.05, 0) is 100 Å². The molecule has 10 heteroatoms. The highest BCUT2D eigenvalue weighted by Gasteiger charge is 2.52. The van der Waals surface area contributed by atoms with Crippen LogP contribution in [0.3, 0.4) is 0 Å². The Hall–Kier alpha value is -3.97. The van der Waals surface area contributed by atoms with Gasteiger partial charge in [-0.3, -0.25) is 0 Å². The van der Waals surface area contributed by atoms with Gasteiger partial charge in [0.05, 0.1) is 23.0 Å². The van der Waals surface area contributed by atoms with Crippen molar-refractivity contribution in [1.82, 2.24) is 25.1 Å². The zero-order valence-electron chi connectivity index (χ0n) is 27.1. The van der Waals surface area contributed by atoms with Crippen molar-refractivity contribution < 1.29 is 13.6 Å². The smallest absolute Gasteiger partial charge is 0.314 e. The number of nitriles is 1. The number of aromatic nitrogens is 2. The van der Waals surface area contributed by atoms with Crippen LogP contribution >= 0.6 is 0 Å². The summed E-state index contributed by atoms with van der Waals surface area (Å²) < 4.78 is 31.9. The third-order valence-electron chi connectivity index (χ3n) is 10.8. The standard InChI is InChI=1S/C36H45F2N7O/c1-24-19-45(25(2)41-24)23-36(29-6-4-7-30(37)17-29,31-8-5-9-33(31)42-35(46)40-3)28-12-14-43(15-13-28)20-27-21-44(22-27)34-11-10-26(18-39)16-32(34)38/h4,6-7,10-11,16-17,19,27-28,31,33H,5,8-9,12-15,20-23H2,1-3H3,(H2,40,42,46)/t31-,33-,36-/m0/s1. The molecule has 2 aliphatic heterocycles. The van der Waals surface area contributed by atoms with Crippen LogP contribution in [0, 0.1) is 54.6 Å². The summed E-state index contributed by atoms with van der Waals surface area (Å²) >= 11 is 0. The number of aryl methyl sites for hydroxylation is 2. The molecule has 2 saturated heterocycles. The van der Waals surface area contributed by atoms with Gasteiger partial charge in [-0.15, -0.1) is 0 Å². The van der Waals surface area contributed by atoms with Crippen LogP contribution in [0.5, 0.6) is 0 Å². The summed E-state index contributed by atoms with van der Waals surface area (Å²) in [7, 11) is 1.65. The summed E-state index contributed by atoms with van der Waals surface area (Å²) in [6.45, 7) is 9.14. The van der Waals surface area contributed by atoms with Gasteiger partial charge in [-0.2, -0.15) is 5.26 Å². The minimum absolute atomic E-state index is 0.0187. The first kappa shape index (κ1) is 32.0. The molecule has 244 valence electrons. The van der Waals surface area contributed by atoms with Crippen molar-refractivity contribution in [2.75, 3.05) is 44.7 Å². The van der Waals surface area contributed by atoms with Gasteiger partial charge in [0.1, 0.15) is 17.5 Å². The number of rotatable bonds is 9. The Bertz CT molecular complexity index is 1590. The lowest BCUT2D eigenvalue weighted by Gasteiger charge is -2.51. The lowest BCUT2D eigenvalue weighted by molar-refractivity contribution is 0.0561. The van der Waals surface area contributed by atoms with Crippen LogP contribution in [-0.4, -0.2) is 66.3 Å². The molecular formula is C36H45F2N7O. The van der Waals surface area contributed by atoms with Crippen molar-refractivity contribution in [1.29, 1.82) is 5.26 Å². The van der Waals surface area contributed by atoms with Gasteiger partial charge in [0.25, 0.3) is 0 Å². The molecule has 8 nitrogen and oxygen atoms in total. The fraction of sp³-hybridized carbons (Fsp3) is 0.528. The molecule has 1 aromatic heterocycles. The molecule has 2 amide bonds. The number of hydrogen-bond acceptors (Lipinski definition) is 5. The Kier molecular flexibility index (Phi) is 9.32. The number of piperidine rings is 1. The molecule has 6 rings (SSSR count). The summed E-state index contributed by atoms with van der Waals surface area (Å²) in [6, 6.07) is 13.7. The molecule has 0 spiro atoms. The number of anilines is 1. The van der Waals surface area contributed by atoms with E-state index in [-0.39, 0.29) is 35.5 Å². The van der Waals surface area contributed by atoms with Gasteiger partial charge < -0.3 is 25.0 Å². The summed E-state index contributed by atoms with van der Waals surface area (Å²) in [5.74, 6) is 1.22. The van der Waals surface area contributed by atoms with E-state index in [2.05, 4.69) is 37.3 Å². The van der Waals surface area contributed by atoms with Crippen LogP contribution in [0.25, 0.3) is 0 Å². The van der Waals surface area contributed by atoms with E-state index in [0.717, 1.165) is 81.9 Å². The summed E-state index contributed by atoms with van der Waals surface area (Å²) in [6.07, 6.45) is 6.90. The minimum Gasteiger partial charge on any atom is -0.368 e. The van der Waals surface area contributed by atoms with E-state index in [4.69, 9.17) is 10.2 Å². The third-order valence-corrected chi connectivity index (χ3v) is 10.8. The Labute approximate surface area is 270 Å². The Morgan fingerprint density at radius 2 is 1.87 bits per heavy atom. The van der Waals surface area contributed by atoms with Gasteiger partial charge in [-0.25, -0.2) is 18.6 Å². The fourth-order valence-electron chi connectivity index (χ4n) is 8.68. The van der Waals surface area contributed by atoms with Gasteiger partial charge in [0, 0.05) is 56.8 Å². The van der Waals surface area contributed by atoms with Gasteiger partial charge >= 0.3 is 6.03 Å². The average Bonchev–Trinajstić information content (AvgIpc) is 3.62. The number of likely N-dealkylation sites (tertiary alicyclic amines) is 1. The number of carbonyl (C=O) groups excluding carboxylic acids is 1. The number of nitrogens with one attached hydrogen (secondary N) is 2. The normalized spacial score (nSPS) is 22.2. The average molecular weight is 630 g/mol. The second-order valence-corrected chi connectivity index (χ2v) is 13.6. The maximum atomic E-state index is 15.1. The van der Waals surface area contributed by atoms with E-state index < -0.39 is 5.41 Å². The third kappa shape index (κ3) is 6.35. The molecule has 3 heterocycles. The largest absolute Gasteiger partial charge is 0.368 e. The summed E-state index contributed by atoms with van der Waals surface area (Å²) in [4.78, 5) is 21.9. The predicted molar refractivity (Wildman–Crippen MR) is 174 cm³/mol. The van der Waals surface area contributed by atoms with Crippen molar-refractivity contribution in [3.63, 3.8) is 0 Å². The van der Waals surface area contributed by atoms with E-state index in [1.165, 1.54) is 12.1 Å². The maximum absolute atomic E-state index is 15.1. The molecule has 3 aliphatic rings. The predicted octanol–water partition coefficient (Wildman–Crippen LogP) is 5.53. The minimum atomic E-state index is -0.408. The molecule has 3 aromatic rings. The van der Waals surface area contributed by atoms with Crippen LogP contribution in [0.1, 0.15) is 54.7 Å². The number of nitrogens with zero attached hydrogens (tertiary/aromatic N) is 5. The van der Waals surface area contributed by atoms with Gasteiger partial charge in [-0.1, -0.05) is 18.6 Å². The zero-order valence-corrected chi connectivity index (χ0v) is 27.1. The Morgan fingerprint density at radius 1 is 1.09 bits per heavy atom. The fourth-order valence-corrected chi connectivity index (χ4v) is 8.68. The highest BCUT2D eigenvalue weighted by atomic mass is 19.1. The van der Waals surface area contributed by atoms with Gasteiger partial charge in [0.2, 0.25) is 0 Å². The molecule has 3 fully saturated rings. The van der Waals surface area contributed by atoms with E-state index in [1.54, 1.807) is 25.2 Å². The highest BCUT2D eigenvalue weighted by molar-refractivity contribution is 5.74. The van der Waals surface area contributed by atoms with E-state index in [0.29, 0.717) is 23.7 Å². The maximum Gasteiger partial charge on any atom is 0.314 e. The molecule has 0 bridgehead atoms. The number of carbonyl (C=O) groups is 1. The molecule has 46 heavy (non-hydrogen) atoms. The van der Waals surface area contributed by atoms with Crippen LogP contribution in [0.15, 0.2) is 48.7 Å². The van der Waals surface area contributed by atoms with E-state index in [1.807, 2.05) is 26.0 Å². The highest BCUT2D eigenvalue weighted by Crippen LogP contribution is 2.52. The summed E-state index contributed by atoms with van der Waals surface area (Å²) in [5, 5.41) is 15.1. The van der Waals surface area contributed by atoms with Gasteiger partial charge in [0.15, 0.2) is 0 Å². The van der Waals surface area contributed by atoms with Crippen LogP contribution < -0.4 is 15.5 Å². The number of urea groups is 1. The number of imidazole rings is 1. The number of hydrogen-bond donors (Lipinski definition) is 2. The Morgan fingerprint density at radius 3 is 2.52 bits per heavy atom. The van der Waals surface area contributed by atoms with E-state index in [9.17, 15) is 9.18 Å². The molecular weight excluding hydrogens is 584 g/mol. The Balaban J connectivity index is 1.24. The lowest BCUT2D eigenvalue weighted by Crippen LogP contribution is -2.57. The molecule has 0 unspecified atom stereocenters. The van der Waals surface area contributed by atoms with Crippen LogP contribution in [0.4, 0.5) is 19.3 Å². The second-order valence-electron chi connectivity index (χ2n) is 13.6.